The number of alkyl carbamates (subject to hydrolysis) is 1. The molecule has 356 valence electrons. The van der Waals surface area contributed by atoms with E-state index < -0.39 is 43.4 Å². The molecule has 12 heteroatoms. The van der Waals surface area contributed by atoms with Crippen LogP contribution in [0.4, 0.5) is 4.79 Å². The topological polar surface area (TPSA) is 115 Å². The molecule has 0 aliphatic heterocycles. The maximum absolute atomic E-state index is 13.6. The van der Waals surface area contributed by atoms with Gasteiger partial charge in [0.25, 0.3) is 0 Å². The first-order valence-corrected chi connectivity index (χ1v) is 34.6. The Kier molecular flexibility index (Phi) is 34.5. The molecule has 0 saturated carbocycles. The third-order valence-corrected chi connectivity index (χ3v) is 21.3. The van der Waals surface area contributed by atoms with Crippen LogP contribution in [0.15, 0.2) is 0 Å². The van der Waals surface area contributed by atoms with Crippen LogP contribution in [0.5, 0.6) is 0 Å². The second kappa shape index (κ2) is 35.2. The van der Waals surface area contributed by atoms with Crippen molar-refractivity contribution in [2.24, 2.45) is 11.8 Å². The van der Waals surface area contributed by atoms with Crippen LogP contribution in [0.2, 0.25) is 51.9 Å². The van der Waals surface area contributed by atoms with Gasteiger partial charge in [-0.1, -0.05) is 189 Å². The Labute approximate surface area is 375 Å². The summed E-state index contributed by atoms with van der Waals surface area (Å²) in [5.41, 5.74) is 0. The summed E-state index contributed by atoms with van der Waals surface area (Å²) >= 11 is 0. The van der Waals surface area contributed by atoms with E-state index in [1.807, 2.05) is 27.7 Å². The smallest absolute Gasteiger partial charge is 0.407 e. The first-order chi connectivity index (χ1) is 28.4. The molecule has 9 nitrogen and oxygen atoms in total. The van der Waals surface area contributed by atoms with E-state index >= 15 is 0 Å². The van der Waals surface area contributed by atoms with Crippen molar-refractivity contribution in [2.75, 3.05) is 13.2 Å². The second-order valence-corrected chi connectivity index (χ2v) is 33.1. The van der Waals surface area contributed by atoms with Gasteiger partial charge < -0.3 is 28.9 Å². The van der Waals surface area contributed by atoms with Crippen molar-refractivity contribution < 1.29 is 27.4 Å². The van der Waals surface area contributed by atoms with Gasteiger partial charge in [0.2, 0.25) is 11.8 Å². The minimum absolute atomic E-state index is 0.0365. The molecular weight excluding hydrogens is 799 g/mol. The highest BCUT2D eigenvalue weighted by atomic mass is 28.5. The lowest BCUT2D eigenvalue weighted by Crippen LogP contribution is -2.57. The summed E-state index contributed by atoms with van der Waals surface area (Å²) < 4.78 is 18.8. The van der Waals surface area contributed by atoms with Crippen molar-refractivity contribution in [3.8, 4) is 0 Å². The number of rotatable bonds is 40. The molecule has 60 heavy (non-hydrogen) atoms. The first kappa shape index (κ1) is 58.8. The van der Waals surface area contributed by atoms with E-state index in [1.165, 1.54) is 122 Å². The van der Waals surface area contributed by atoms with E-state index in [0.717, 1.165) is 44.6 Å². The Bertz CT molecular complexity index is 1070. The molecule has 0 bridgehead atoms. The Morgan fingerprint density at radius 1 is 0.467 bits per heavy atom. The summed E-state index contributed by atoms with van der Waals surface area (Å²) in [6.07, 6.45) is 30.8. The molecule has 0 aliphatic rings. The molecule has 3 amide bonds. The van der Waals surface area contributed by atoms with Crippen molar-refractivity contribution in [2.45, 2.75) is 266 Å². The molecule has 0 aromatic rings. The van der Waals surface area contributed by atoms with Crippen molar-refractivity contribution in [1.29, 1.82) is 0 Å². The molecule has 0 radical (unpaired) electrons. The van der Waals surface area contributed by atoms with Gasteiger partial charge in [-0.25, -0.2) is 4.79 Å². The van der Waals surface area contributed by atoms with Gasteiger partial charge in [0.15, 0.2) is 16.6 Å². The average Bonchev–Trinajstić information content (AvgIpc) is 3.16. The number of ether oxygens (including phenoxy) is 1. The third kappa shape index (κ3) is 33.4. The van der Waals surface area contributed by atoms with Gasteiger partial charge in [-0.3, -0.25) is 9.59 Å². The molecule has 0 spiro atoms. The van der Waals surface area contributed by atoms with Crippen LogP contribution in [0.1, 0.15) is 202 Å². The van der Waals surface area contributed by atoms with Gasteiger partial charge in [0, 0.05) is 6.54 Å². The van der Waals surface area contributed by atoms with Crippen LogP contribution in [0, 0.1) is 11.8 Å². The van der Waals surface area contributed by atoms with Gasteiger partial charge >= 0.3 is 14.7 Å². The fourth-order valence-electron chi connectivity index (χ4n) is 8.00. The van der Waals surface area contributed by atoms with Gasteiger partial charge in [0.1, 0.15) is 12.1 Å². The number of hydrogen-bond donors (Lipinski definition) is 3. The number of nitrogens with one attached hydrogen (secondary N) is 3. The molecule has 3 N–H and O–H groups in total. The molecule has 0 aromatic heterocycles. The number of amides is 3. The average molecular weight is 901 g/mol. The fourth-order valence-corrected chi connectivity index (χ4v) is 20.6. The second-order valence-electron chi connectivity index (χ2n) is 20.3. The molecule has 0 heterocycles. The van der Waals surface area contributed by atoms with E-state index in [2.05, 4.69) is 68.7 Å². The fraction of sp³-hybridized carbons (Fsp3) is 0.938. The van der Waals surface area contributed by atoms with E-state index in [1.54, 1.807) is 0 Å². The predicted octanol–water partition coefficient (Wildman–Crippen LogP) is 13.9. The summed E-state index contributed by atoms with van der Waals surface area (Å²) in [6.45, 7) is 27.1. The first-order valence-electron chi connectivity index (χ1n) is 25.3. The molecule has 0 fully saturated rings. The highest BCUT2D eigenvalue weighted by Crippen LogP contribution is 2.27. The molecule has 0 saturated heterocycles. The van der Waals surface area contributed by atoms with E-state index in [4.69, 9.17) is 13.0 Å². The van der Waals surface area contributed by atoms with Crippen molar-refractivity contribution >= 4 is 43.1 Å². The van der Waals surface area contributed by atoms with E-state index in [-0.39, 0.29) is 23.7 Å². The Balaban J connectivity index is 4.42. The van der Waals surface area contributed by atoms with Gasteiger partial charge in [0.05, 0.1) is 6.61 Å². The van der Waals surface area contributed by atoms with Crippen LogP contribution in [-0.2, 0) is 22.6 Å². The number of carbonyl (C=O) groups excluding carboxylic acids is 3. The summed E-state index contributed by atoms with van der Waals surface area (Å²) in [6, 6.07) is -0.344. The Morgan fingerprint density at radius 2 is 0.833 bits per heavy atom. The van der Waals surface area contributed by atoms with Gasteiger partial charge in [-0.2, -0.15) is 0 Å². The normalized spacial score (nSPS) is 14.3. The minimum atomic E-state index is -2.14. The zero-order valence-electron chi connectivity index (χ0n) is 41.8. The van der Waals surface area contributed by atoms with Crippen LogP contribution < -0.4 is 16.0 Å². The number of unbranched alkanes of at least 4 members (excludes halogenated alkanes) is 22. The Morgan fingerprint density at radius 3 is 1.23 bits per heavy atom. The lowest BCUT2D eigenvalue weighted by atomic mass is 9.95. The third-order valence-electron chi connectivity index (χ3n) is 11.7. The van der Waals surface area contributed by atoms with Gasteiger partial charge in [-0.15, -0.1) is 0 Å². The summed E-state index contributed by atoms with van der Waals surface area (Å²) in [5.74, 6) is -0.623. The highest BCUT2D eigenvalue weighted by Gasteiger charge is 2.39. The predicted molar refractivity (Wildman–Crippen MR) is 264 cm³/mol. The largest absolute Gasteiger partial charge is 0.450 e. The van der Waals surface area contributed by atoms with Crippen molar-refractivity contribution in [1.82, 2.24) is 16.0 Å². The summed E-state index contributed by atoms with van der Waals surface area (Å²) in [4.78, 5) is 39.7. The molecule has 0 aliphatic carbocycles. The van der Waals surface area contributed by atoms with E-state index in [9.17, 15) is 14.4 Å². The maximum Gasteiger partial charge on any atom is 0.407 e. The lowest BCUT2D eigenvalue weighted by molar-refractivity contribution is -0.131. The maximum atomic E-state index is 13.6. The quantitative estimate of drug-likeness (QED) is 0.0417. The number of hydrogen-bond acceptors (Lipinski definition) is 6. The SMILES string of the molecule is CCCCCCCCCCCCCCCCCCNC(=O)C(NC(=O)C(NC(=O)OCCCCCCCCCC[Si](C)(O[Si](C)(C)C)O[Si](C)(C)C)C(C)CC)C(C)CC. The molecule has 4 atom stereocenters. The highest BCUT2D eigenvalue weighted by molar-refractivity contribution is 6.87. The molecule has 0 rings (SSSR count). The zero-order chi connectivity index (χ0) is 45.3. The van der Waals surface area contributed by atoms with Crippen LogP contribution in [0.25, 0.3) is 0 Å². The molecule has 4 unspecified atom stereocenters. The van der Waals surface area contributed by atoms with Crippen LogP contribution >= 0.6 is 0 Å². The van der Waals surface area contributed by atoms with Crippen LogP contribution in [-0.4, -0.2) is 68.3 Å². The number of carbonyl (C=O) groups is 3. The summed E-state index contributed by atoms with van der Waals surface area (Å²) in [7, 11) is -5.45. The van der Waals surface area contributed by atoms with Gasteiger partial charge in [-0.05, 0) is 76.6 Å². The van der Waals surface area contributed by atoms with E-state index in [0.29, 0.717) is 19.6 Å². The Hall–Kier alpha value is -1.22. The monoisotopic (exact) mass is 900 g/mol. The molecule has 0 aromatic carbocycles. The van der Waals surface area contributed by atoms with Crippen molar-refractivity contribution in [3.63, 3.8) is 0 Å². The standard InChI is InChI=1S/C48H101N3O6Si3/c1-13-16-17-18-19-20-21-22-23-24-25-26-27-30-33-36-39-49-46(52)44(42(4)14-2)50-47(53)45(43(5)15-3)51-48(54)55-40-37-34-31-28-29-32-35-38-41-60(12,56-58(6,7)8)57-59(9,10)11/h42-45H,13-41H2,1-12H3,(H,49,52)(H,50,53)(H,51,54). The van der Waals surface area contributed by atoms with Crippen molar-refractivity contribution in [3.05, 3.63) is 0 Å². The minimum Gasteiger partial charge on any atom is -0.450 e. The zero-order valence-corrected chi connectivity index (χ0v) is 44.8. The summed E-state index contributed by atoms with van der Waals surface area (Å²) in [5, 5.41) is 8.91. The van der Waals surface area contributed by atoms with Crippen LogP contribution in [0.3, 0.4) is 0 Å². The lowest BCUT2D eigenvalue weighted by Gasteiger charge is -2.38. The molecular formula is C48H101N3O6Si3.